The van der Waals surface area contributed by atoms with Crippen LogP contribution in [0.3, 0.4) is 0 Å². The predicted octanol–water partition coefficient (Wildman–Crippen LogP) is 1.72. The first-order chi connectivity index (χ1) is 5.69. The Bertz CT molecular complexity index is 180. The van der Waals surface area contributed by atoms with Gasteiger partial charge >= 0.3 is 5.97 Å². The Morgan fingerprint density at radius 3 is 2.00 bits per heavy atom. The largest absolute Gasteiger partial charge is 0.465 e. The van der Waals surface area contributed by atoms with Gasteiger partial charge in [0, 0.05) is 5.54 Å². The Kier molecular flexibility index (Phi) is 3.91. The zero-order valence-corrected chi connectivity index (χ0v) is 9.52. The average Bonchev–Trinajstić information content (AvgIpc) is 1.82. The number of carbonyl (C=O) groups excluding carboxylic acids is 1. The van der Waals surface area contributed by atoms with Crippen LogP contribution in [0.15, 0.2) is 0 Å². The minimum Gasteiger partial charge on any atom is -0.465 e. The SMILES string of the molecule is CCOC(=O)C(C)(C)NC(C)(C)C. The van der Waals surface area contributed by atoms with E-state index in [0.717, 1.165) is 0 Å². The van der Waals surface area contributed by atoms with E-state index in [9.17, 15) is 4.79 Å². The van der Waals surface area contributed by atoms with Gasteiger partial charge in [0.1, 0.15) is 5.54 Å². The third-order valence-corrected chi connectivity index (χ3v) is 1.47. The van der Waals surface area contributed by atoms with E-state index >= 15 is 0 Å². The highest BCUT2D eigenvalue weighted by atomic mass is 16.5. The van der Waals surface area contributed by atoms with Crippen molar-refractivity contribution in [3.05, 3.63) is 0 Å². The molecule has 13 heavy (non-hydrogen) atoms. The van der Waals surface area contributed by atoms with Crippen molar-refractivity contribution in [3.63, 3.8) is 0 Å². The smallest absolute Gasteiger partial charge is 0.325 e. The fraction of sp³-hybridized carbons (Fsp3) is 0.900. The summed E-state index contributed by atoms with van der Waals surface area (Å²) >= 11 is 0. The lowest BCUT2D eigenvalue weighted by molar-refractivity contribution is -0.150. The summed E-state index contributed by atoms with van der Waals surface area (Å²) in [5.74, 6) is -0.204. The van der Waals surface area contributed by atoms with Crippen molar-refractivity contribution in [2.24, 2.45) is 0 Å². The first-order valence-electron chi connectivity index (χ1n) is 4.65. The first kappa shape index (κ1) is 12.4. The van der Waals surface area contributed by atoms with Gasteiger partial charge in [-0.2, -0.15) is 0 Å². The Labute approximate surface area is 80.8 Å². The van der Waals surface area contributed by atoms with Crippen LogP contribution >= 0.6 is 0 Å². The third-order valence-electron chi connectivity index (χ3n) is 1.47. The van der Waals surface area contributed by atoms with Gasteiger partial charge in [-0.3, -0.25) is 10.1 Å². The van der Waals surface area contributed by atoms with E-state index in [1.807, 2.05) is 41.5 Å². The number of esters is 1. The molecule has 3 nitrogen and oxygen atoms in total. The molecule has 0 bridgehead atoms. The van der Waals surface area contributed by atoms with E-state index < -0.39 is 5.54 Å². The highest BCUT2D eigenvalue weighted by Gasteiger charge is 2.32. The van der Waals surface area contributed by atoms with Crippen molar-refractivity contribution >= 4 is 5.97 Å². The van der Waals surface area contributed by atoms with E-state index in [1.165, 1.54) is 0 Å². The molecule has 0 aromatic carbocycles. The van der Waals surface area contributed by atoms with Crippen molar-refractivity contribution < 1.29 is 9.53 Å². The van der Waals surface area contributed by atoms with Gasteiger partial charge < -0.3 is 4.74 Å². The molecule has 0 aliphatic carbocycles. The molecule has 0 aliphatic heterocycles. The molecule has 0 heterocycles. The van der Waals surface area contributed by atoms with Gasteiger partial charge in [0.25, 0.3) is 0 Å². The van der Waals surface area contributed by atoms with Crippen LogP contribution in [0.5, 0.6) is 0 Å². The lowest BCUT2D eigenvalue weighted by Gasteiger charge is -2.32. The summed E-state index contributed by atoms with van der Waals surface area (Å²) in [5.41, 5.74) is -0.704. The van der Waals surface area contributed by atoms with Crippen LogP contribution < -0.4 is 5.32 Å². The van der Waals surface area contributed by atoms with Crippen LogP contribution in [-0.2, 0) is 9.53 Å². The van der Waals surface area contributed by atoms with Crippen LogP contribution in [-0.4, -0.2) is 23.7 Å². The molecule has 0 unspecified atom stereocenters. The molecule has 0 fully saturated rings. The van der Waals surface area contributed by atoms with Crippen LogP contribution in [0.1, 0.15) is 41.5 Å². The standard InChI is InChI=1S/C10H21NO2/c1-7-13-8(12)10(5,6)11-9(2,3)4/h11H,7H2,1-6H3. The Morgan fingerprint density at radius 2 is 1.69 bits per heavy atom. The third kappa shape index (κ3) is 4.88. The number of hydrogen-bond acceptors (Lipinski definition) is 3. The minimum absolute atomic E-state index is 0.0870. The van der Waals surface area contributed by atoms with Crippen LogP contribution in [0, 0.1) is 0 Å². The van der Waals surface area contributed by atoms with Crippen molar-refractivity contribution in [3.8, 4) is 0 Å². The molecule has 0 aromatic heterocycles. The molecule has 0 saturated heterocycles. The predicted molar refractivity (Wildman–Crippen MR) is 53.6 cm³/mol. The monoisotopic (exact) mass is 187 g/mol. The highest BCUT2D eigenvalue weighted by Crippen LogP contribution is 2.11. The lowest BCUT2D eigenvalue weighted by atomic mass is 9.99. The van der Waals surface area contributed by atoms with E-state index in [1.54, 1.807) is 0 Å². The van der Waals surface area contributed by atoms with Crippen molar-refractivity contribution in [2.75, 3.05) is 6.61 Å². The van der Waals surface area contributed by atoms with Crippen LogP contribution in [0.25, 0.3) is 0 Å². The van der Waals surface area contributed by atoms with Crippen molar-refractivity contribution in [1.82, 2.24) is 5.32 Å². The van der Waals surface area contributed by atoms with E-state index in [2.05, 4.69) is 5.32 Å². The maximum Gasteiger partial charge on any atom is 0.325 e. The van der Waals surface area contributed by atoms with Gasteiger partial charge in [-0.25, -0.2) is 0 Å². The summed E-state index contributed by atoms with van der Waals surface area (Å²) in [7, 11) is 0. The van der Waals surface area contributed by atoms with Crippen LogP contribution in [0.4, 0.5) is 0 Å². The first-order valence-corrected chi connectivity index (χ1v) is 4.65. The normalized spacial score (nSPS) is 12.8. The van der Waals surface area contributed by atoms with Gasteiger partial charge in [0.05, 0.1) is 6.61 Å². The van der Waals surface area contributed by atoms with E-state index in [0.29, 0.717) is 6.61 Å². The molecule has 0 radical (unpaired) electrons. The fourth-order valence-electron chi connectivity index (χ4n) is 1.30. The molecule has 0 saturated carbocycles. The molecule has 0 atom stereocenters. The Balaban J connectivity index is 4.30. The molecular weight excluding hydrogens is 166 g/mol. The maximum absolute atomic E-state index is 11.5. The number of rotatable bonds is 3. The molecule has 0 aromatic rings. The molecule has 0 aliphatic rings. The fourth-order valence-corrected chi connectivity index (χ4v) is 1.30. The second kappa shape index (κ2) is 4.09. The average molecular weight is 187 g/mol. The molecule has 0 amide bonds. The summed E-state index contributed by atoms with van der Waals surface area (Å²) < 4.78 is 4.95. The molecular formula is C10H21NO2. The van der Waals surface area contributed by atoms with Gasteiger partial charge in [0.15, 0.2) is 0 Å². The number of hydrogen-bond donors (Lipinski definition) is 1. The summed E-state index contributed by atoms with van der Waals surface area (Å²) in [6, 6.07) is 0. The zero-order valence-electron chi connectivity index (χ0n) is 9.52. The van der Waals surface area contributed by atoms with Gasteiger partial charge in [-0.05, 0) is 41.5 Å². The topological polar surface area (TPSA) is 38.3 Å². The second-order valence-electron chi connectivity index (χ2n) is 4.72. The second-order valence-corrected chi connectivity index (χ2v) is 4.72. The Hall–Kier alpha value is -0.570. The summed E-state index contributed by atoms with van der Waals surface area (Å²) in [6.07, 6.45) is 0. The summed E-state index contributed by atoms with van der Waals surface area (Å²) in [6.45, 7) is 12.0. The van der Waals surface area contributed by atoms with Crippen molar-refractivity contribution in [1.29, 1.82) is 0 Å². The maximum atomic E-state index is 11.5. The number of nitrogens with one attached hydrogen (secondary N) is 1. The summed E-state index contributed by atoms with van der Waals surface area (Å²) in [4.78, 5) is 11.5. The van der Waals surface area contributed by atoms with Gasteiger partial charge in [-0.1, -0.05) is 0 Å². The molecule has 78 valence electrons. The minimum atomic E-state index is -0.617. The van der Waals surface area contributed by atoms with Gasteiger partial charge in [-0.15, -0.1) is 0 Å². The Morgan fingerprint density at radius 1 is 1.23 bits per heavy atom. The molecule has 1 N–H and O–H groups in total. The zero-order chi connectivity index (χ0) is 10.7. The summed E-state index contributed by atoms with van der Waals surface area (Å²) in [5, 5.41) is 3.21. The number of ether oxygens (including phenoxy) is 1. The van der Waals surface area contributed by atoms with Gasteiger partial charge in [0.2, 0.25) is 0 Å². The molecule has 0 spiro atoms. The molecule has 3 heteroatoms. The van der Waals surface area contributed by atoms with Crippen molar-refractivity contribution in [2.45, 2.75) is 52.6 Å². The molecule has 0 rings (SSSR count). The number of carbonyl (C=O) groups is 1. The van der Waals surface area contributed by atoms with E-state index in [-0.39, 0.29) is 11.5 Å². The quantitative estimate of drug-likeness (QED) is 0.684. The highest BCUT2D eigenvalue weighted by molar-refractivity contribution is 5.79. The van der Waals surface area contributed by atoms with Crippen LogP contribution in [0.2, 0.25) is 0 Å². The lowest BCUT2D eigenvalue weighted by Crippen LogP contribution is -2.55. The van der Waals surface area contributed by atoms with E-state index in [4.69, 9.17) is 4.74 Å².